The van der Waals surface area contributed by atoms with Gasteiger partial charge < -0.3 is 14.9 Å². The molecule has 1 rings (SSSR count). The van der Waals surface area contributed by atoms with Gasteiger partial charge in [-0.1, -0.05) is 0 Å². The van der Waals surface area contributed by atoms with E-state index in [4.69, 9.17) is 0 Å². The number of amides is 2. The number of aliphatic carboxylic acids is 1. The van der Waals surface area contributed by atoms with Crippen molar-refractivity contribution in [1.82, 2.24) is 9.80 Å². The molecule has 0 bridgehead atoms. The lowest BCUT2D eigenvalue weighted by atomic mass is 10.0. The fourth-order valence-corrected chi connectivity index (χ4v) is 3.46. The van der Waals surface area contributed by atoms with E-state index < -0.39 is 27.4 Å². The van der Waals surface area contributed by atoms with Crippen LogP contribution < -0.4 is 0 Å². The van der Waals surface area contributed by atoms with Crippen molar-refractivity contribution < 1.29 is 23.1 Å². The number of likely N-dealkylation sites (N-methyl/N-ethyl adjacent to an activating group) is 1. The average molecular weight is 306 g/mol. The van der Waals surface area contributed by atoms with Crippen LogP contribution in [0.2, 0.25) is 0 Å². The van der Waals surface area contributed by atoms with Gasteiger partial charge in [-0.25, -0.2) is 18.0 Å². The van der Waals surface area contributed by atoms with Gasteiger partial charge in [0.15, 0.2) is 9.84 Å². The molecule has 0 saturated carbocycles. The van der Waals surface area contributed by atoms with Crippen molar-refractivity contribution >= 4 is 21.8 Å². The molecule has 0 aromatic rings. The van der Waals surface area contributed by atoms with E-state index in [1.165, 1.54) is 23.6 Å². The van der Waals surface area contributed by atoms with Crippen LogP contribution in [0.1, 0.15) is 27.2 Å². The molecular weight excluding hydrogens is 284 g/mol. The first-order chi connectivity index (χ1) is 9.12. The third-order valence-electron chi connectivity index (χ3n) is 3.57. The summed E-state index contributed by atoms with van der Waals surface area (Å²) in [6.07, 6.45) is 0.388. The molecule has 116 valence electrons. The van der Waals surface area contributed by atoms with E-state index in [-0.39, 0.29) is 24.6 Å². The van der Waals surface area contributed by atoms with Crippen molar-refractivity contribution in [3.8, 4) is 0 Å². The van der Waals surface area contributed by atoms with Gasteiger partial charge in [0, 0.05) is 19.6 Å². The second-order valence-corrected chi connectivity index (χ2v) is 7.69. The molecule has 1 aliphatic heterocycles. The molecule has 0 aliphatic carbocycles. The first-order valence-electron chi connectivity index (χ1n) is 6.62. The molecule has 2 amide bonds. The number of carboxylic acid groups (broad SMARTS) is 1. The molecule has 8 heteroatoms. The van der Waals surface area contributed by atoms with Gasteiger partial charge in [0.05, 0.1) is 11.5 Å². The Morgan fingerprint density at radius 2 is 1.85 bits per heavy atom. The van der Waals surface area contributed by atoms with Crippen LogP contribution in [-0.4, -0.2) is 72.0 Å². The van der Waals surface area contributed by atoms with Gasteiger partial charge in [-0.3, -0.25) is 0 Å². The molecule has 0 unspecified atom stereocenters. The van der Waals surface area contributed by atoms with E-state index in [1.54, 1.807) is 6.92 Å². The van der Waals surface area contributed by atoms with Gasteiger partial charge in [-0.2, -0.15) is 0 Å². The Kier molecular flexibility index (Phi) is 5.01. The average Bonchev–Trinajstić information content (AvgIpc) is 2.50. The SMILES string of the molecule is CCN(C(=O)N1CCCS(=O)(=O)CC1)C(C)(C)C(=O)O. The number of hydrogen-bond acceptors (Lipinski definition) is 4. The third kappa shape index (κ3) is 3.62. The maximum atomic E-state index is 12.4. The standard InChI is InChI=1S/C12H22N2O5S/c1-4-14(12(2,3)10(15)16)11(17)13-6-5-8-20(18,19)9-7-13/h4-9H2,1-3H3,(H,15,16). The lowest BCUT2D eigenvalue weighted by Crippen LogP contribution is -2.57. The molecule has 0 spiro atoms. The Morgan fingerprint density at radius 3 is 2.35 bits per heavy atom. The molecule has 1 heterocycles. The summed E-state index contributed by atoms with van der Waals surface area (Å²) in [6.45, 7) is 5.34. The van der Waals surface area contributed by atoms with Gasteiger partial charge in [-0.05, 0) is 27.2 Å². The first kappa shape index (κ1) is 16.7. The summed E-state index contributed by atoms with van der Waals surface area (Å²) < 4.78 is 23.1. The van der Waals surface area contributed by atoms with Crippen molar-refractivity contribution in [2.45, 2.75) is 32.7 Å². The quantitative estimate of drug-likeness (QED) is 0.815. The summed E-state index contributed by atoms with van der Waals surface area (Å²) in [4.78, 5) is 26.4. The molecule has 0 aromatic carbocycles. The summed E-state index contributed by atoms with van der Waals surface area (Å²) >= 11 is 0. The second-order valence-electron chi connectivity index (χ2n) is 5.38. The van der Waals surface area contributed by atoms with E-state index in [0.29, 0.717) is 13.0 Å². The van der Waals surface area contributed by atoms with Gasteiger partial charge in [0.25, 0.3) is 0 Å². The van der Waals surface area contributed by atoms with E-state index in [1.807, 2.05) is 0 Å². The van der Waals surface area contributed by atoms with Crippen molar-refractivity contribution in [3.05, 3.63) is 0 Å². The zero-order valence-electron chi connectivity index (χ0n) is 12.1. The highest BCUT2D eigenvalue weighted by Crippen LogP contribution is 2.18. The van der Waals surface area contributed by atoms with E-state index >= 15 is 0 Å². The minimum atomic E-state index is -3.10. The maximum absolute atomic E-state index is 12.4. The number of hydrogen-bond donors (Lipinski definition) is 1. The fraction of sp³-hybridized carbons (Fsp3) is 0.833. The summed E-state index contributed by atoms with van der Waals surface area (Å²) in [5.41, 5.74) is -1.32. The molecular formula is C12H22N2O5S. The minimum absolute atomic E-state index is 0.0657. The van der Waals surface area contributed by atoms with Gasteiger partial charge >= 0.3 is 12.0 Å². The fourth-order valence-electron chi connectivity index (χ4n) is 2.19. The molecule has 1 saturated heterocycles. The molecule has 0 atom stereocenters. The zero-order chi connectivity index (χ0) is 15.6. The number of rotatable bonds is 3. The molecule has 20 heavy (non-hydrogen) atoms. The summed E-state index contributed by atoms with van der Waals surface area (Å²) in [7, 11) is -3.10. The Labute approximate surface area is 119 Å². The highest BCUT2D eigenvalue weighted by molar-refractivity contribution is 7.91. The largest absolute Gasteiger partial charge is 0.480 e. The molecule has 0 radical (unpaired) electrons. The van der Waals surface area contributed by atoms with Crippen LogP contribution in [0, 0.1) is 0 Å². The zero-order valence-corrected chi connectivity index (χ0v) is 12.9. The van der Waals surface area contributed by atoms with Gasteiger partial charge in [0.2, 0.25) is 0 Å². The lowest BCUT2D eigenvalue weighted by Gasteiger charge is -2.37. The molecule has 1 aliphatic rings. The summed E-state index contributed by atoms with van der Waals surface area (Å²) in [6, 6.07) is -0.419. The number of nitrogens with zero attached hydrogens (tertiary/aromatic N) is 2. The molecule has 0 aromatic heterocycles. The normalized spacial score (nSPS) is 19.2. The maximum Gasteiger partial charge on any atom is 0.329 e. The van der Waals surface area contributed by atoms with Crippen LogP contribution in [0.15, 0.2) is 0 Å². The predicted octanol–water partition coefficient (Wildman–Crippen LogP) is 0.412. The van der Waals surface area contributed by atoms with Crippen LogP contribution >= 0.6 is 0 Å². The number of carboxylic acids is 1. The Morgan fingerprint density at radius 1 is 1.25 bits per heavy atom. The van der Waals surface area contributed by atoms with Crippen molar-refractivity contribution in [3.63, 3.8) is 0 Å². The predicted molar refractivity (Wildman–Crippen MR) is 74.3 cm³/mol. The van der Waals surface area contributed by atoms with Crippen molar-refractivity contribution in [2.75, 3.05) is 31.1 Å². The van der Waals surface area contributed by atoms with Crippen LogP contribution in [0.5, 0.6) is 0 Å². The smallest absolute Gasteiger partial charge is 0.329 e. The topological polar surface area (TPSA) is 95.0 Å². The Bertz CT molecular complexity index is 486. The van der Waals surface area contributed by atoms with Crippen LogP contribution in [0.25, 0.3) is 0 Å². The first-order valence-corrected chi connectivity index (χ1v) is 8.44. The molecule has 1 fully saturated rings. The molecule has 1 N–H and O–H groups in total. The number of carbonyl (C=O) groups excluding carboxylic acids is 1. The number of urea groups is 1. The highest BCUT2D eigenvalue weighted by atomic mass is 32.2. The number of carbonyl (C=O) groups is 2. The summed E-state index contributed by atoms with van der Waals surface area (Å²) in [5.74, 6) is -1.08. The van der Waals surface area contributed by atoms with Gasteiger partial charge in [0.1, 0.15) is 5.54 Å². The van der Waals surface area contributed by atoms with E-state index in [0.717, 1.165) is 0 Å². The Hall–Kier alpha value is -1.31. The Balaban J connectivity index is 2.89. The third-order valence-corrected chi connectivity index (χ3v) is 5.29. The second kappa shape index (κ2) is 5.99. The lowest BCUT2D eigenvalue weighted by molar-refractivity contribution is -0.147. The highest BCUT2D eigenvalue weighted by Gasteiger charge is 2.39. The number of sulfone groups is 1. The minimum Gasteiger partial charge on any atom is -0.480 e. The van der Waals surface area contributed by atoms with E-state index in [9.17, 15) is 23.1 Å². The van der Waals surface area contributed by atoms with Crippen molar-refractivity contribution in [1.29, 1.82) is 0 Å². The van der Waals surface area contributed by atoms with Crippen LogP contribution in [-0.2, 0) is 14.6 Å². The summed E-state index contributed by atoms with van der Waals surface area (Å²) in [5, 5.41) is 9.22. The molecule has 7 nitrogen and oxygen atoms in total. The van der Waals surface area contributed by atoms with Gasteiger partial charge in [-0.15, -0.1) is 0 Å². The van der Waals surface area contributed by atoms with Crippen LogP contribution in [0.3, 0.4) is 0 Å². The van der Waals surface area contributed by atoms with E-state index in [2.05, 4.69) is 0 Å². The van der Waals surface area contributed by atoms with Crippen LogP contribution in [0.4, 0.5) is 4.79 Å². The van der Waals surface area contributed by atoms with Crippen molar-refractivity contribution in [2.24, 2.45) is 0 Å². The monoisotopic (exact) mass is 306 g/mol.